The van der Waals surface area contributed by atoms with Crippen LogP contribution in [0, 0.1) is 18.8 Å². The number of hydrogen-bond donors (Lipinski definition) is 1. The Morgan fingerprint density at radius 1 is 1.21 bits per heavy atom. The Morgan fingerprint density at radius 2 is 1.74 bits per heavy atom. The van der Waals surface area contributed by atoms with Crippen molar-refractivity contribution in [2.75, 3.05) is 4.90 Å². The van der Waals surface area contributed by atoms with Crippen LogP contribution in [-0.4, -0.2) is 16.8 Å². The molecule has 0 spiro atoms. The van der Waals surface area contributed by atoms with E-state index in [1.165, 1.54) is 4.90 Å². The molecule has 0 radical (unpaired) electrons. The van der Waals surface area contributed by atoms with Crippen molar-refractivity contribution < 1.29 is 9.59 Å². The number of carbonyl (C=O) groups is 2. The van der Waals surface area contributed by atoms with Gasteiger partial charge < -0.3 is 5.73 Å². The van der Waals surface area contributed by atoms with Crippen molar-refractivity contribution in [1.29, 1.82) is 0 Å². The summed E-state index contributed by atoms with van der Waals surface area (Å²) in [5, 5.41) is 0. The highest BCUT2D eigenvalue weighted by atomic mass is 32.1. The molecule has 1 saturated heterocycles. The first-order chi connectivity index (χ1) is 8.86. The zero-order valence-corrected chi connectivity index (χ0v) is 12.0. The highest BCUT2D eigenvalue weighted by Gasteiger charge is 2.43. The lowest BCUT2D eigenvalue weighted by atomic mass is 10.00. The normalized spacial score (nSPS) is 23.0. The van der Waals surface area contributed by atoms with Crippen LogP contribution in [0.15, 0.2) is 18.2 Å². The molecule has 0 aromatic heterocycles. The van der Waals surface area contributed by atoms with Crippen LogP contribution in [0.2, 0.25) is 0 Å². The molecule has 2 rings (SSSR count). The first kappa shape index (κ1) is 13.7. The molecule has 2 amide bonds. The zero-order valence-electron chi connectivity index (χ0n) is 11.1. The van der Waals surface area contributed by atoms with Crippen molar-refractivity contribution in [1.82, 2.24) is 0 Å². The fraction of sp³-hybridized carbons (Fsp3) is 0.357. The molecule has 1 aliphatic heterocycles. The summed E-state index contributed by atoms with van der Waals surface area (Å²) in [6, 6.07) is 5.36. The first-order valence-electron chi connectivity index (χ1n) is 6.13. The van der Waals surface area contributed by atoms with E-state index in [0.717, 1.165) is 5.56 Å². The predicted octanol–water partition coefficient (Wildman–Crippen LogP) is 1.77. The molecule has 1 aromatic carbocycles. The predicted molar refractivity (Wildman–Crippen MR) is 77.9 cm³/mol. The molecule has 1 aromatic rings. The standard InChI is InChI=1S/C14H16N2O2S/c1-7-5-4-6-10(11(7)12(15)19)16-13(17)8(2)9(3)14(16)18/h4-6,8-9H,1-3H3,(H2,15,19). The largest absolute Gasteiger partial charge is 0.389 e. The van der Waals surface area contributed by atoms with Crippen LogP contribution in [0.4, 0.5) is 5.69 Å². The van der Waals surface area contributed by atoms with Gasteiger partial charge in [-0.15, -0.1) is 0 Å². The van der Waals surface area contributed by atoms with Crippen molar-refractivity contribution in [2.24, 2.45) is 17.6 Å². The fourth-order valence-corrected chi connectivity index (χ4v) is 2.61. The topological polar surface area (TPSA) is 63.4 Å². The van der Waals surface area contributed by atoms with Gasteiger partial charge in [-0.3, -0.25) is 9.59 Å². The number of anilines is 1. The van der Waals surface area contributed by atoms with Crippen LogP contribution >= 0.6 is 12.2 Å². The number of nitrogens with two attached hydrogens (primary N) is 1. The van der Waals surface area contributed by atoms with E-state index in [0.29, 0.717) is 11.3 Å². The molecule has 2 unspecified atom stereocenters. The Hall–Kier alpha value is -1.75. The van der Waals surface area contributed by atoms with Gasteiger partial charge in [-0.1, -0.05) is 38.2 Å². The molecule has 100 valence electrons. The maximum atomic E-state index is 12.2. The van der Waals surface area contributed by atoms with Crippen molar-refractivity contribution in [3.8, 4) is 0 Å². The molecule has 1 heterocycles. The van der Waals surface area contributed by atoms with Crippen molar-refractivity contribution in [3.63, 3.8) is 0 Å². The van der Waals surface area contributed by atoms with Crippen molar-refractivity contribution >= 4 is 34.7 Å². The molecule has 1 fully saturated rings. The molecule has 2 atom stereocenters. The number of hydrogen-bond acceptors (Lipinski definition) is 3. The third-order valence-electron chi connectivity index (χ3n) is 3.71. The molecule has 19 heavy (non-hydrogen) atoms. The van der Waals surface area contributed by atoms with Gasteiger partial charge in [0.2, 0.25) is 11.8 Å². The molecule has 2 N–H and O–H groups in total. The number of thiocarbonyl (C=S) groups is 1. The highest BCUT2D eigenvalue weighted by molar-refractivity contribution is 7.80. The minimum atomic E-state index is -0.313. The summed E-state index contributed by atoms with van der Waals surface area (Å²) in [6.45, 7) is 5.39. The van der Waals surface area contributed by atoms with Crippen LogP contribution in [0.3, 0.4) is 0 Å². The lowest BCUT2D eigenvalue weighted by Gasteiger charge is -2.19. The Bertz CT molecular complexity index is 563. The molecular weight excluding hydrogens is 260 g/mol. The quantitative estimate of drug-likeness (QED) is 0.660. The van der Waals surface area contributed by atoms with Gasteiger partial charge in [-0.25, -0.2) is 4.90 Å². The van der Waals surface area contributed by atoms with Crippen molar-refractivity contribution in [2.45, 2.75) is 20.8 Å². The minimum absolute atomic E-state index is 0.194. The highest BCUT2D eigenvalue weighted by Crippen LogP contribution is 2.33. The van der Waals surface area contributed by atoms with Gasteiger partial charge in [-0.2, -0.15) is 0 Å². The van der Waals surface area contributed by atoms with E-state index in [4.69, 9.17) is 18.0 Å². The Morgan fingerprint density at radius 3 is 2.21 bits per heavy atom. The lowest BCUT2D eigenvalue weighted by molar-refractivity contribution is -0.122. The summed E-state index contributed by atoms with van der Waals surface area (Å²) >= 11 is 5.04. The molecule has 0 aliphatic carbocycles. The third-order valence-corrected chi connectivity index (χ3v) is 3.91. The molecular formula is C14H16N2O2S. The Balaban J connectivity index is 2.60. The van der Waals surface area contributed by atoms with E-state index in [-0.39, 0.29) is 28.6 Å². The zero-order chi connectivity index (χ0) is 14.3. The van der Waals surface area contributed by atoms with E-state index in [2.05, 4.69) is 0 Å². The molecule has 4 nitrogen and oxygen atoms in total. The van der Waals surface area contributed by atoms with E-state index >= 15 is 0 Å². The number of nitrogens with zero attached hydrogens (tertiary/aromatic N) is 1. The minimum Gasteiger partial charge on any atom is -0.389 e. The van der Waals surface area contributed by atoms with Crippen LogP contribution in [-0.2, 0) is 9.59 Å². The maximum absolute atomic E-state index is 12.2. The second-order valence-electron chi connectivity index (χ2n) is 4.92. The average molecular weight is 276 g/mol. The number of benzene rings is 1. The number of amides is 2. The first-order valence-corrected chi connectivity index (χ1v) is 6.54. The Kier molecular flexibility index (Phi) is 3.41. The summed E-state index contributed by atoms with van der Waals surface area (Å²) in [6.07, 6.45) is 0. The summed E-state index contributed by atoms with van der Waals surface area (Å²) < 4.78 is 0. The van der Waals surface area contributed by atoms with Crippen molar-refractivity contribution in [3.05, 3.63) is 29.3 Å². The summed E-state index contributed by atoms with van der Waals surface area (Å²) in [7, 11) is 0. The van der Waals surface area contributed by atoms with Gasteiger partial charge in [-0.05, 0) is 18.6 Å². The second-order valence-corrected chi connectivity index (χ2v) is 5.36. The number of rotatable bonds is 2. The van der Waals surface area contributed by atoms with Crippen LogP contribution < -0.4 is 10.6 Å². The van der Waals surface area contributed by atoms with Gasteiger partial charge in [0.05, 0.1) is 5.69 Å². The van der Waals surface area contributed by atoms with Gasteiger partial charge >= 0.3 is 0 Å². The molecule has 0 bridgehead atoms. The second kappa shape index (κ2) is 4.74. The van der Waals surface area contributed by atoms with E-state index in [9.17, 15) is 9.59 Å². The van der Waals surface area contributed by atoms with E-state index in [1.54, 1.807) is 26.0 Å². The smallest absolute Gasteiger partial charge is 0.237 e. The fourth-order valence-electron chi connectivity index (χ4n) is 2.34. The number of carbonyl (C=O) groups excluding carboxylic acids is 2. The average Bonchev–Trinajstić information content (AvgIpc) is 2.53. The molecule has 5 heteroatoms. The maximum Gasteiger partial charge on any atom is 0.237 e. The van der Waals surface area contributed by atoms with Crippen LogP contribution in [0.1, 0.15) is 25.0 Å². The SMILES string of the molecule is Cc1cccc(N2C(=O)C(C)C(C)C2=O)c1C(N)=S. The summed E-state index contributed by atoms with van der Waals surface area (Å²) in [4.78, 5) is 25.9. The van der Waals surface area contributed by atoms with Gasteiger partial charge in [0, 0.05) is 17.4 Å². The number of imide groups is 1. The van der Waals surface area contributed by atoms with Crippen LogP contribution in [0.25, 0.3) is 0 Å². The third kappa shape index (κ3) is 2.04. The summed E-state index contributed by atoms with van der Waals surface area (Å²) in [5.41, 5.74) is 7.68. The lowest BCUT2D eigenvalue weighted by Crippen LogP contribution is -2.33. The van der Waals surface area contributed by atoms with Crippen LogP contribution in [0.5, 0.6) is 0 Å². The number of aryl methyl sites for hydroxylation is 1. The van der Waals surface area contributed by atoms with E-state index in [1.807, 2.05) is 13.0 Å². The molecule has 0 saturated carbocycles. The van der Waals surface area contributed by atoms with Gasteiger partial charge in [0.1, 0.15) is 4.99 Å². The van der Waals surface area contributed by atoms with E-state index < -0.39 is 0 Å². The molecule has 1 aliphatic rings. The Labute approximate surface area is 117 Å². The van der Waals surface area contributed by atoms with Gasteiger partial charge in [0.25, 0.3) is 0 Å². The van der Waals surface area contributed by atoms with Gasteiger partial charge in [0.15, 0.2) is 0 Å². The monoisotopic (exact) mass is 276 g/mol. The summed E-state index contributed by atoms with van der Waals surface area (Å²) in [5.74, 6) is -1.01.